The Bertz CT molecular complexity index is 756. The fraction of sp³-hybridized carbons (Fsp3) is 0.0667. The Hall–Kier alpha value is -2.62. The molecular formula is C15H13N3O. The molecule has 0 atom stereocenters. The highest BCUT2D eigenvalue weighted by Crippen LogP contribution is 2.16. The maximum absolute atomic E-state index is 12.4. The van der Waals surface area contributed by atoms with E-state index in [2.05, 4.69) is 10.1 Å². The SMILES string of the molecule is Cc1cccc(-c2c[nH]n(-c3ccccn3)c2=O)c1. The summed E-state index contributed by atoms with van der Waals surface area (Å²) in [6, 6.07) is 13.3. The van der Waals surface area contributed by atoms with E-state index in [4.69, 9.17) is 0 Å². The summed E-state index contributed by atoms with van der Waals surface area (Å²) in [5.74, 6) is 0.589. The molecule has 94 valence electrons. The topological polar surface area (TPSA) is 50.7 Å². The third kappa shape index (κ3) is 2.08. The van der Waals surface area contributed by atoms with Crippen LogP contribution in [0.1, 0.15) is 5.56 Å². The van der Waals surface area contributed by atoms with Gasteiger partial charge in [-0.2, -0.15) is 0 Å². The number of hydrogen-bond acceptors (Lipinski definition) is 2. The fourth-order valence-electron chi connectivity index (χ4n) is 2.05. The Morgan fingerprint density at radius 3 is 2.79 bits per heavy atom. The minimum absolute atomic E-state index is 0.0932. The van der Waals surface area contributed by atoms with Gasteiger partial charge < -0.3 is 0 Å². The van der Waals surface area contributed by atoms with E-state index < -0.39 is 0 Å². The van der Waals surface area contributed by atoms with Crippen LogP contribution < -0.4 is 5.56 Å². The van der Waals surface area contributed by atoms with Crippen LogP contribution in [-0.4, -0.2) is 14.8 Å². The van der Waals surface area contributed by atoms with Crippen molar-refractivity contribution >= 4 is 0 Å². The molecule has 0 spiro atoms. The molecule has 0 bridgehead atoms. The summed E-state index contributed by atoms with van der Waals surface area (Å²) in [4.78, 5) is 16.5. The van der Waals surface area contributed by atoms with E-state index in [0.29, 0.717) is 11.4 Å². The molecule has 1 aromatic carbocycles. The first kappa shape index (κ1) is 11.5. The van der Waals surface area contributed by atoms with Crippen molar-refractivity contribution in [2.45, 2.75) is 6.92 Å². The fourth-order valence-corrected chi connectivity index (χ4v) is 2.05. The van der Waals surface area contributed by atoms with Crippen LogP contribution in [0.4, 0.5) is 0 Å². The second-order valence-electron chi connectivity index (χ2n) is 4.39. The molecule has 0 aliphatic carbocycles. The van der Waals surface area contributed by atoms with E-state index in [1.165, 1.54) is 4.68 Å². The first-order valence-electron chi connectivity index (χ1n) is 6.04. The molecule has 0 fully saturated rings. The molecule has 0 saturated heterocycles. The van der Waals surface area contributed by atoms with Crippen LogP contribution in [0.25, 0.3) is 16.9 Å². The zero-order chi connectivity index (χ0) is 13.2. The molecule has 0 radical (unpaired) electrons. The van der Waals surface area contributed by atoms with Gasteiger partial charge in [0, 0.05) is 12.4 Å². The van der Waals surface area contributed by atoms with Crippen molar-refractivity contribution in [3.05, 3.63) is 70.8 Å². The summed E-state index contributed by atoms with van der Waals surface area (Å²) in [5, 5.41) is 2.95. The molecule has 2 heterocycles. The largest absolute Gasteiger partial charge is 0.296 e. The molecule has 0 amide bonds. The zero-order valence-electron chi connectivity index (χ0n) is 10.5. The third-order valence-corrected chi connectivity index (χ3v) is 2.98. The molecule has 3 rings (SSSR count). The number of nitrogens with zero attached hydrogens (tertiary/aromatic N) is 2. The van der Waals surface area contributed by atoms with Gasteiger partial charge in [0.2, 0.25) is 0 Å². The van der Waals surface area contributed by atoms with Gasteiger partial charge >= 0.3 is 0 Å². The van der Waals surface area contributed by atoms with E-state index in [1.807, 2.05) is 43.3 Å². The highest BCUT2D eigenvalue weighted by Gasteiger charge is 2.10. The van der Waals surface area contributed by atoms with Crippen LogP contribution in [0.2, 0.25) is 0 Å². The standard InChI is InChI=1S/C15H13N3O/c1-11-5-4-6-12(9-11)13-10-17-18(15(13)19)14-7-2-3-8-16-14/h2-10,17H,1H3. The predicted octanol–water partition coefficient (Wildman–Crippen LogP) is 2.54. The maximum atomic E-state index is 12.4. The summed E-state index contributed by atoms with van der Waals surface area (Å²) in [7, 11) is 0. The average molecular weight is 251 g/mol. The second kappa shape index (κ2) is 4.57. The summed E-state index contributed by atoms with van der Waals surface area (Å²) >= 11 is 0. The summed E-state index contributed by atoms with van der Waals surface area (Å²) in [6.07, 6.45) is 3.38. The average Bonchev–Trinajstić information content (AvgIpc) is 2.81. The molecule has 0 aliphatic heterocycles. The summed E-state index contributed by atoms with van der Waals surface area (Å²) in [6.45, 7) is 2.01. The van der Waals surface area contributed by atoms with Crippen LogP contribution in [0.15, 0.2) is 59.7 Å². The summed E-state index contributed by atoms with van der Waals surface area (Å²) < 4.78 is 1.44. The van der Waals surface area contributed by atoms with Gasteiger partial charge in [-0.3, -0.25) is 9.89 Å². The smallest absolute Gasteiger partial charge is 0.280 e. The molecule has 1 N–H and O–H groups in total. The van der Waals surface area contributed by atoms with Gasteiger partial charge in [-0.25, -0.2) is 9.67 Å². The first-order chi connectivity index (χ1) is 9.25. The Morgan fingerprint density at radius 2 is 2.05 bits per heavy atom. The molecule has 3 aromatic rings. The van der Waals surface area contributed by atoms with E-state index in [-0.39, 0.29) is 5.56 Å². The number of rotatable bonds is 2. The second-order valence-corrected chi connectivity index (χ2v) is 4.39. The van der Waals surface area contributed by atoms with E-state index in [1.54, 1.807) is 18.5 Å². The lowest BCUT2D eigenvalue weighted by atomic mass is 10.1. The predicted molar refractivity (Wildman–Crippen MR) is 74.4 cm³/mol. The van der Waals surface area contributed by atoms with Crippen molar-refractivity contribution in [1.82, 2.24) is 14.8 Å². The van der Waals surface area contributed by atoms with Crippen molar-refractivity contribution in [2.24, 2.45) is 0 Å². The number of nitrogens with one attached hydrogen (secondary N) is 1. The molecule has 2 aromatic heterocycles. The maximum Gasteiger partial charge on any atom is 0.280 e. The molecule has 4 nitrogen and oxygen atoms in total. The Balaban J connectivity index is 2.12. The minimum Gasteiger partial charge on any atom is -0.296 e. The van der Waals surface area contributed by atoms with Gasteiger partial charge in [-0.1, -0.05) is 35.9 Å². The van der Waals surface area contributed by atoms with Crippen LogP contribution in [-0.2, 0) is 0 Å². The van der Waals surface area contributed by atoms with Gasteiger partial charge in [0.05, 0.1) is 5.56 Å². The van der Waals surface area contributed by atoms with Gasteiger partial charge in [-0.05, 0) is 24.6 Å². The van der Waals surface area contributed by atoms with Crippen molar-refractivity contribution in [2.75, 3.05) is 0 Å². The summed E-state index contributed by atoms with van der Waals surface area (Å²) in [5.41, 5.74) is 2.59. The molecule has 19 heavy (non-hydrogen) atoms. The lowest BCUT2D eigenvalue weighted by molar-refractivity contribution is 0.819. The number of aryl methyl sites for hydroxylation is 1. The van der Waals surface area contributed by atoms with Gasteiger partial charge in [0.1, 0.15) is 0 Å². The Kier molecular flexibility index (Phi) is 2.76. The van der Waals surface area contributed by atoms with Gasteiger partial charge in [-0.15, -0.1) is 0 Å². The van der Waals surface area contributed by atoms with Crippen molar-refractivity contribution < 1.29 is 0 Å². The minimum atomic E-state index is -0.0932. The molecule has 0 unspecified atom stereocenters. The van der Waals surface area contributed by atoms with Gasteiger partial charge in [0.25, 0.3) is 5.56 Å². The van der Waals surface area contributed by atoms with Crippen molar-refractivity contribution in [3.8, 4) is 16.9 Å². The number of aromatic nitrogens is 3. The Labute approximate surface area is 110 Å². The highest BCUT2D eigenvalue weighted by molar-refractivity contribution is 5.62. The zero-order valence-corrected chi connectivity index (χ0v) is 10.5. The number of benzene rings is 1. The molecule has 4 heteroatoms. The van der Waals surface area contributed by atoms with Crippen LogP contribution in [0, 0.1) is 6.92 Å². The number of hydrogen-bond donors (Lipinski definition) is 1. The van der Waals surface area contributed by atoms with E-state index >= 15 is 0 Å². The molecule has 0 saturated carbocycles. The highest BCUT2D eigenvalue weighted by atomic mass is 16.1. The van der Waals surface area contributed by atoms with Crippen molar-refractivity contribution in [1.29, 1.82) is 0 Å². The molecule has 0 aliphatic rings. The van der Waals surface area contributed by atoms with Crippen LogP contribution >= 0.6 is 0 Å². The monoisotopic (exact) mass is 251 g/mol. The number of H-pyrrole nitrogens is 1. The number of aromatic amines is 1. The first-order valence-corrected chi connectivity index (χ1v) is 6.04. The third-order valence-electron chi connectivity index (χ3n) is 2.98. The van der Waals surface area contributed by atoms with Crippen LogP contribution in [0.3, 0.4) is 0 Å². The lowest BCUT2D eigenvalue weighted by Gasteiger charge is -1.99. The normalized spacial score (nSPS) is 10.6. The quantitative estimate of drug-likeness (QED) is 0.761. The van der Waals surface area contributed by atoms with E-state index in [9.17, 15) is 4.79 Å². The van der Waals surface area contributed by atoms with Crippen molar-refractivity contribution in [3.63, 3.8) is 0 Å². The van der Waals surface area contributed by atoms with Gasteiger partial charge in [0.15, 0.2) is 5.82 Å². The number of pyridine rings is 1. The molecular weight excluding hydrogens is 238 g/mol. The van der Waals surface area contributed by atoms with E-state index in [0.717, 1.165) is 11.1 Å². The van der Waals surface area contributed by atoms with Crippen LogP contribution in [0.5, 0.6) is 0 Å². The Morgan fingerprint density at radius 1 is 1.16 bits per heavy atom. The lowest BCUT2D eigenvalue weighted by Crippen LogP contribution is -2.16.